The lowest BCUT2D eigenvalue weighted by Gasteiger charge is -2.22. The van der Waals surface area contributed by atoms with Crippen LogP contribution in [0.1, 0.15) is 33.1 Å². The lowest BCUT2D eigenvalue weighted by atomic mass is 10.0. The number of anilines is 2. The summed E-state index contributed by atoms with van der Waals surface area (Å²) in [6.07, 6.45) is 3.77. The Morgan fingerprint density at radius 3 is 3.00 bits per heavy atom. The van der Waals surface area contributed by atoms with Gasteiger partial charge in [0.25, 0.3) is 0 Å². The highest BCUT2D eigenvalue weighted by molar-refractivity contribution is 5.54. The molecule has 0 bridgehead atoms. The van der Waals surface area contributed by atoms with Crippen LogP contribution in [0.15, 0.2) is 12.1 Å². The van der Waals surface area contributed by atoms with Crippen molar-refractivity contribution in [1.82, 2.24) is 4.98 Å². The van der Waals surface area contributed by atoms with E-state index in [1.54, 1.807) is 0 Å². The number of nitrogen functional groups attached to an aromatic ring is 1. The monoisotopic (exact) mass is 249 g/mol. The zero-order valence-corrected chi connectivity index (χ0v) is 11.4. The third kappa shape index (κ3) is 3.06. The topological polar surface area (TPSA) is 51.4 Å². The van der Waals surface area contributed by atoms with Crippen LogP contribution >= 0.6 is 0 Å². The van der Waals surface area contributed by atoms with Crippen molar-refractivity contribution >= 4 is 11.5 Å². The van der Waals surface area contributed by atoms with Gasteiger partial charge in [-0.25, -0.2) is 0 Å². The van der Waals surface area contributed by atoms with Crippen molar-refractivity contribution in [2.75, 3.05) is 30.3 Å². The molecule has 1 aromatic heterocycles. The lowest BCUT2D eigenvalue weighted by molar-refractivity contribution is 0.329. The van der Waals surface area contributed by atoms with Crippen LogP contribution in [0.2, 0.25) is 0 Å². The fraction of sp³-hybridized carbons (Fsp3) is 0.643. The first kappa shape index (κ1) is 13.0. The Hall–Kier alpha value is -1.45. The van der Waals surface area contributed by atoms with Crippen LogP contribution in [-0.4, -0.2) is 24.7 Å². The molecular weight excluding hydrogens is 226 g/mol. The largest absolute Gasteiger partial charge is 0.476 e. The molecule has 0 aromatic carbocycles. The van der Waals surface area contributed by atoms with Gasteiger partial charge in [-0.1, -0.05) is 6.92 Å². The van der Waals surface area contributed by atoms with Crippen molar-refractivity contribution in [1.29, 1.82) is 0 Å². The molecule has 0 aliphatic carbocycles. The van der Waals surface area contributed by atoms with E-state index in [0.29, 0.717) is 18.2 Å². The van der Waals surface area contributed by atoms with Crippen molar-refractivity contribution in [3.63, 3.8) is 0 Å². The molecule has 0 saturated carbocycles. The van der Waals surface area contributed by atoms with Gasteiger partial charge < -0.3 is 15.4 Å². The first-order valence-corrected chi connectivity index (χ1v) is 6.85. The Bertz CT molecular complexity index is 395. The number of nitrogens with zero attached hydrogens (tertiary/aromatic N) is 2. The summed E-state index contributed by atoms with van der Waals surface area (Å²) in [7, 11) is 0. The number of ether oxygens (including phenoxy) is 1. The lowest BCUT2D eigenvalue weighted by Crippen LogP contribution is -2.25. The van der Waals surface area contributed by atoms with Crippen molar-refractivity contribution < 1.29 is 4.74 Å². The molecule has 1 aromatic rings. The van der Waals surface area contributed by atoms with Gasteiger partial charge >= 0.3 is 0 Å². The van der Waals surface area contributed by atoms with Crippen molar-refractivity contribution in [2.45, 2.75) is 33.1 Å². The van der Waals surface area contributed by atoms with E-state index in [1.807, 2.05) is 19.1 Å². The van der Waals surface area contributed by atoms with Gasteiger partial charge in [-0.05, 0) is 44.2 Å². The summed E-state index contributed by atoms with van der Waals surface area (Å²) in [5.41, 5.74) is 6.47. The third-order valence-electron chi connectivity index (χ3n) is 3.50. The fourth-order valence-electron chi connectivity index (χ4n) is 2.36. The summed E-state index contributed by atoms with van der Waals surface area (Å²) in [6.45, 7) is 7.01. The molecule has 1 atom stereocenters. The highest BCUT2D eigenvalue weighted by atomic mass is 16.5. The molecule has 2 heterocycles. The molecule has 1 unspecified atom stereocenters. The maximum Gasteiger partial charge on any atom is 0.239 e. The summed E-state index contributed by atoms with van der Waals surface area (Å²) < 4.78 is 5.46. The molecule has 1 aliphatic rings. The number of pyridine rings is 1. The number of hydrogen-bond donors (Lipinski definition) is 1. The maximum atomic E-state index is 5.85. The van der Waals surface area contributed by atoms with Crippen LogP contribution in [0.3, 0.4) is 0 Å². The zero-order chi connectivity index (χ0) is 13.0. The van der Waals surface area contributed by atoms with E-state index >= 15 is 0 Å². The molecule has 18 heavy (non-hydrogen) atoms. The van der Waals surface area contributed by atoms with E-state index in [4.69, 9.17) is 10.5 Å². The van der Waals surface area contributed by atoms with Gasteiger partial charge in [0.1, 0.15) is 5.82 Å². The van der Waals surface area contributed by atoms with E-state index in [2.05, 4.69) is 16.8 Å². The molecule has 0 radical (unpaired) electrons. The van der Waals surface area contributed by atoms with E-state index in [9.17, 15) is 0 Å². The maximum absolute atomic E-state index is 5.85. The average molecular weight is 249 g/mol. The number of rotatable bonds is 3. The highest BCUT2D eigenvalue weighted by Crippen LogP contribution is 2.26. The van der Waals surface area contributed by atoms with Gasteiger partial charge in [-0.2, -0.15) is 4.98 Å². The van der Waals surface area contributed by atoms with Crippen LogP contribution in [0.4, 0.5) is 11.5 Å². The van der Waals surface area contributed by atoms with Gasteiger partial charge in [-0.3, -0.25) is 0 Å². The normalized spacial score (nSPS) is 20.6. The number of nitrogens with two attached hydrogens (primary N) is 1. The first-order chi connectivity index (χ1) is 8.70. The SMILES string of the molecule is CCOc1nc(N2CCCC(C)CC2)ccc1N. The minimum absolute atomic E-state index is 0.562. The van der Waals surface area contributed by atoms with E-state index in [1.165, 1.54) is 19.3 Å². The zero-order valence-electron chi connectivity index (χ0n) is 11.4. The summed E-state index contributed by atoms with van der Waals surface area (Å²) >= 11 is 0. The molecule has 2 N–H and O–H groups in total. The molecule has 2 rings (SSSR count). The molecule has 100 valence electrons. The molecule has 0 amide bonds. The van der Waals surface area contributed by atoms with Crippen LogP contribution < -0.4 is 15.4 Å². The Kier molecular flexibility index (Phi) is 4.28. The average Bonchev–Trinajstić information content (AvgIpc) is 2.57. The minimum atomic E-state index is 0.562. The fourth-order valence-corrected chi connectivity index (χ4v) is 2.36. The Labute approximate surface area is 109 Å². The molecule has 4 heteroatoms. The smallest absolute Gasteiger partial charge is 0.239 e. The summed E-state index contributed by atoms with van der Waals surface area (Å²) in [6, 6.07) is 3.88. The predicted molar refractivity (Wildman–Crippen MR) is 75.0 cm³/mol. The Morgan fingerprint density at radius 1 is 1.39 bits per heavy atom. The second-order valence-corrected chi connectivity index (χ2v) is 5.02. The Morgan fingerprint density at radius 2 is 2.22 bits per heavy atom. The number of hydrogen-bond acceptors (Lipinski definition) is 4. The van der Waals surface area contributed by atoms with Crippen LogP contribution in [0.5, 0.6) is 5.88 Å². The summed E-state index contributed by atoms with van der Waals surface area (Å²) in [4.78, 5) is 6.87. The second kappa shape index (κ2) is 5.94. The highest BCUT2D eigenvalue weighted by Gasteiger charge is 2.16. The molecule has 4 nitrogen and oxygen atoms in total. The minimum Gasteiger partial charge on any atom is -0.476 e. The first-order valence-electron chi connectivity index (χ1n) is 6.85. The number of aromatic nitrogens is 1. The molecule has 1 aliphatic heterocycles. The second-order valence-electron chi connectivity index (χ2n) is 5.02. The summed E-state index contributed by atoms with van der Waals surface area (Å²) in [5, 5.41) is 0. The third-order valence-corrected chi connectivity index (χ3v) is 3.50. The Balaban J connectivity index is 2.14. The van der Waals surface area contributed by atoms with E-state index in [-0.39, 0.29) is 0 Å². The predicted octanol–water partition coefficient (Wildman–Crippen LogP) is 2.69. The standard InChI is InChI=1S/C14H23N3O/c1-3-18-14-12(15)6-7-13(16-14)17-9-4-5-11(2)8-10-17/h6-7,11H,3-5,8-10,15H2,1-2H3. The van der Waals surface area contributed by atoms with Gasteiger partial charge in [0, 0.05) is 13.1 Å². The van der Waals surface area contributed by atoms with E-state index in [0.717, 1.165) is 24.8 Å². The van der Waals surface area contributed by atoms with Crippen molar-refractivity contribution in [3.8, 4) is 5.88 Å². The summed E-state index contributed by atoms with van der Waals surface area (Å²) in [5.74, 6) is 2.36. The van der Waals surface area contributed by atoms with Crippen LogP contribution in [0, 0.1) is 5.92 Å². The molecule has 0 spiro atoms. The molecule has 1 saturated heterocycles. The van der Waals surface area contributed by atoms with Crippen LogP contribution in [0.25, 0.3) is 0 Å². The van der Waals surface area contributed by atoms with Gasteiger partial charge in [0.05, 0.1) is 12.3 Å². The van der Waals surface area contributed by atoms with Gasteiger partial charge in [0.15, 0.2) is 0 Å². The van der Waals surface area contributed by atoms with Crippen LogP contribution in [-0.2, 0) is 0 Å². The molecule has 1 fully saturated rings. The van der Waals surface area contributed by atoms with Crippen molar-refractivity contribution in [3.05, 3.63) is 12.1 Å². The van der Waals surface area contributed by atoms with Crippen molar-refractivity contribution in [2.24, 2.45) is 5.92 Å². The van der Waals surface area contributed by atoms with E-state index < -0.39 is 0 Å². The van der Waals surface area contributed by atoms with Gasteiger partial charge in [-0.15, -0.1) is 0 Å². The van der Waals surface area contributed by atoms with Gasteiger partial charge in [0.2, 0.25) is 5.88 Å². The molecular formula is C14H23N3O. The quantitative estimate of drug-likeness (QED) is 0.895.